The zero-order valence-corrected chi connectivity index (χ0v) is 14.3. The van der Waals surface area contributed by atoms with E-state index in [1.165, 1.54) is 0 Å². The molecule has 2 aromatic rings. The number of hydrogen-bond acceptors (Lipinski definition) is 3. The van der Waals surface area contributed by atoms with Crippen LogP contribution < -0.4 is 5.32 Å². The van der Waals surface area contributed by atoms with Crippen LogP contribution in [0.15, 0.2) is 33.3 Å². The Balaban J connectivity index is 2.35. The molecule has 0 saturated carbocycles. The van der Waals surface area contributed by atoms with Gasteiger partial charge in [-0.05, 0) is 50.1 Å². The maximum absolute atomic E-state index is 5.99. The molecular formula is C13H12Br2ClN3. The van der Waals surface area contributed by atoms with E-state index >= 15 is 0 Å². The van der Waals surface area contributed by atoms with Crippen molar-refractivity contribution in [2.24, 2.45) is 0 Å². The molecule has 0 aliphatic carbocycles. The van der Waals surface area contributed by atoms with Crippen molar-refractivity contribution in [1.82, 2.24) is 9.97 Å². The minimum absolute atomic E-state index is 0.265. The molecule has 1 N–H and O–H groups in total. The molecule has 0 aliphatic heterocycles. The molecule has 0 radical (unpaired) electrons. The first-order chi connectivity index (χ1) is 8.95. The minimum Gasteiger partial charge on any atom is -0.339 e. The molecule has 2 rings (SSSR count). The molecule has 1 heterocycles. The Hall–Kier alpha value is -0.650. The Morgan fingerprint density at radius 1 is 1.16 bits per heavy atom. The number of aromatic nitrogens is 2. The number of nitrogens with one attached hydrogen (secondary N) is 1. The summed E-state index contributed by atoms with van der Waals surface area (Å²) < 4.78 is 1.68. The minimum atomic E-state index is 0.265. The molecule has 0 unspecified atom stereocenters. The van der Waals surface area contributed by atoms with Gasteiger partial charge in [0, 0.05) is 21.5 Å². The Bertz CT molecular complexity index is 602. The van der Waals surface area contributed by atoms with Gasteiger partial charge in [-0.15, -0.1) is 0 Å². The Morgan fingerprint density at radius 2 is 1.89 bits per heavy atom. The van der Waals surface area contributed by atoms with Gasteiger partial charge < -0.3 is 5.32 Å². The van der Waals surface area contributed by atoms with Gasteiger partial charge in [-0.25, -0.2) is 9.97 Å². The van der Waals surface area contributed by atoms with E-state index < -0.39 is 0 Å². The van der Waals surface area contributed by atoms with Crippen molar-refractivity contribution < 1.29 is 0 Å². The summed E-state index contributed by atoms with van der Waals surface area (Å²) in [5.74, 6) is 1.78. The first-order valence-corrected chi connectivity index (χ1v) is 7.68. The van der Waals surface area contributed by atoms with Crippen LogP contribution >= 0.6 is 43.5 Å². The smallest absolute Gasteiger partial charge is 0.135 e. The summed E-state index contributed by atoms with van der Waals surface area (Å²) in [5.41, 5.74) is 0.868. The topological polar surface area (TPSA) is 37.8 Å². The Labute approximate surface area is 134 Å². The predicted molar refractivity (Wildman–Crippen MR) is 86.3 cm³/mol. The Kier molecular flexibility index (Phi) is 4.81. The van der Waals surface area contributed by atoms with Gasteiger partial charge in [0.2, 0.25) is 0 Å². The summed E-state index contributed by atoms with van der Waals surface area (Å²) in [6.07, 6.45) is 0. The van der Waals surface area contributed by atoms with Crippen molar-refractivity contribution in [2.45, 2.75) is 19.8 Å². The van der Waals surface area contributed by atoms with E-state index in [-0.39, 0.29) is 5.92 Å². The van der Waals surface area contributed by atoms with E-state index in [4.69, 9.17) is 11.6 Å². The fraction of sp³-hybridized carbons (Fsp3) is 0.231. The third-order valence-electron chi connectivity index (χ3n) is 2.42. The number of rotatable bonds is 3. The fourth-order valence-corrected chi connectivity index (χ4v) is 2.41. The van der Waals surface area contributed by atoms with Crippen molar-refractivity contribution in [2.75, 3.05) is 5.32 Å². The lowest BCUT2D eigenvalue weighted by Gasteiger charge is -2.11. The molecule has 100 valence electrons. The van der Waals surface area contributed by atoms with Gasteiger partial charge in [0.1, 0.15) is 16.2 Å². The largest absolute Gasteiger partial charge is 0.339 e. The molecule has 0 spiro atoms. The van der Waals surface area contributed by atoms with Gasteiger partial charge in [-0.2, -0.15) is 0 Å². The van der Waals surface area contributed by atoms with E-state index in [1.807, 2.05) is 24.3 Å². The monoisotopic (exact) mass is 403 g/mol. The van der Waals surface area contributed by atoms with Gasteiger partial charge in [-0.1, -0.05) is 25.4 Å². The standard InChI is InChI=1S/C13H12Br2ClN3/c1-7(2)13-18-11(15)6-12(19-13)17-10-5-8(16)3-4-9(10)14/h3-7H,1-2H3,(H,17,18,19). The van der Waals surface area contributed by atoms with Gasteiger partial charge in [-0.3, -0.25) is 0 Å². The Morgan fingerprint density at radius 3 is 2.58 bits per heavy atom. The molecule has 19 heavy (non-hydrogen) atoms. The van der Waals surface area contributed by atoms with Crippen LogP contribution in [0.2, 0.25) is 5.02 Å². The van der Waals surface area contributed by atoms with E-state index in [0.29, 0.717) is 5.02 Å². The zero-order chi connectivity index (χ0) is 14.0. The lowest BCUT2D eigenvalue weighted by Crippen LogP contribution is -2.02. The maximum atomic E-state index is 5.99. The van der Waals surface area contributed by atoms with Crippen LogP contribution in [-0.4, -0.2) is 9.97 Å². The predicted octanol–water partition coefficient (Wildman–Crippen LogP) is 5.52. The third-order valence-corrected chi connectivity index (χ3v) is 3.75. The van der Waals surface area contributed by atoms with Crippen molar-refractivity contribution in [3.05, 3.63) is 44.2 Å². The van der Waals surface area contributed by atoms with E-state index in [2.05, 4.69) is 61.0 Å². The second-order valence-corrected chi connectivity index (χ2v) is 6.44. The molecule has 3 nitrogen and oxygen atoms in total. The molecule has 0 fully saturated rings. The number of benzene rings is 1. The molecule has 1 aromatic carbocycles. The molecule has 0 bridgehead atoms. The van der Waals surface area contributed by atoms with Crippen molar-refractivity contribution >= 4 is 55.0 Å². The van der Waals surface area contributed by atoms with E-state index in [1.54, 1.807) is 0 Å². The molecular weight excluding hydrogens is 393 g/mol. The number of nitrogens with zero attached hydrogens (tertiary/aromatic N) is 2. The van der Waals surface area contributed by atoms with Crippen LogP contribution in [0.1, 0.15) is 25.6 Å². The van der Waals surface area contributed by atoms with Crippen molar-refractivity contribution in [3.8, 4) is 0 Å². The van der Waals surface area contributed by atoms with Crippen LogP contribution in [0.25, 0.3) is 0 Å². The average Bonchev–Trinajstić information content (AvgIpc) is 2.33. The first kappa shape index (κ1) is 14.8. The normalized spacial score (nSPS) is 10.8. The second-order valence-electron chi connectivity index (χ2n) is 4.34. The van der Waals surface area contributed by atoms with Crippen molar-refractivity contribution in [3.63, 3.8) is 0 Å². The molecule has 1 aromatic heterocycles. The second kappa shape index (κ2) is 6.20. The lowest BCUT2D eigenvalue weighted by atomic mass is 10.2. The number of hydrogen-bond donors (Lipinski definition) is 1. The summed E-state index contributed by atoms with van der Waals surface area (Å²) in [5, 5.41) is 3.91. The summed E-state index contributed by atoms with van der Waals surface area (Å²) >= 11 is 12.9. The highest BCUT2D eigenvalue weighted by Gasteiger charge is 2.08. The highest BCUT2D eigenvalue weighted by Crippen LogP contribution is 2.29. The van der Waals surface area contributed by atoms with E-state index in [9.17, 15) is 0 Å². The van der Waals surface area contributed by atoms with E-state index in [0.717, 1.165) is 26.4 Å². The zero-order valence-electron chi connectivity index (χ0n) is 10.4. The van der Waals surface area contributed by atoms with Gasteiger partial charge in [0.15, 0.2) is 0 Å². The van der Waals surface area contributed by atoms with Crippen LogP contribution in [-0.2, 0) is 0 Å². The fourth-order valence-electron chi connectivity index (χ4n) is 1.49. The summed E-state index contributed by atoms with van der Waals surface area (Å²) in [6.45, 7) is 4.11. The quantitative estimate of drug-likeness (QED) is 0.683. The molecule has 0 saturated heterocycles. The van der Waals surface area contributed by atoms with Gasteiger partial charge in [0.05, 0.1) is 5.69 Å². The SMILES string of the molecule is CC(C)c1nc(Br)cc(Nc2cc(Cl)ccc2Br)n1. The van der Waals surface area contributed by atoms with Crippen LogP contribution in [0, 0.1) is 0 Å². The highest BCUT2D eigenvalue weighted by molar-refractivity contribution is 9.10. The summed E-state index contributed by atoms with van der Waals surface area (Å²) in [6, 6.07) is 7.40. The maximum Gasteiger partial charge on any atom is 0.135 e. The summed E-state index contributed by atoms with van der Waals surface area (Å²) in [4.78, 5) is 8.83. The highest BCUT2D eigenvalue weighted by atomic mass is 79.9. The van der Waals surface area contributed by atoms with Crippen LogP contribution in [0.4, 0.5) is 11.5 Å². The lowest BCUT2D eigenvalue weighted by molar-refractivity contribution is 0.771. The first-order valence-electron chi connectivity index (χ1n) is 5.72. The van der Waals surface area contributed by atoms with Gasteiger partial charge >= 0.3 is 0 Å². The molecule has 0 atom stereocenters. The molecule has 6 heteroatoms. The molecule has 0 aliphatic rings. The summed E-state index contributed by atoms with van der Waals surface area (Å²) in [7, 11) is 0. The number of halogens is 3. The van der Waals surface area contributed by atoms with Gasteiger partial charge in [0.25, 0.3) is 0 Å². The van der Waals surface area contributed by atoms with Crippen molar-refractivity contribution in [1.29, 1.82) is 0 Å². The molecule has 0 amide bonds. The third kappa shape index (κ3) is 3.91. The average molecular weight is 406 g/mol. The van der Waals surface area contributed by atoms with Crippen LogP contribution in [0.5, 0.6) is 0 Å². The number of anilines is 2. The van der Waals surface area contributed by atoms with Crippen LogP contribution in [0.3, 0.4) is 0 Å².